The standard InChI is InChI=1S/C16H14ClNO2S2/c1-11-6-8-12(9-7-11)22(19,20)18(2)16-10-13-14(17)4-3-5-15(13)21-16/h3-10H,1-2H3. The number of nitrogens with zero attached hydrogens (tertiary/aromatic N) is 1. The van der Waals surface area contributed by atoms with E-state index in [-0.39, 0.29) is 4.90 Å². The van der Waals surface area contributed by atoms with Crippen LogP contribution in [0.2, 0.25) is 5.02 Å². The topological polar surface area (TPSA) is 37.4 Å². The second kappa shape index (κ2) is 5.57. The number of hydrogen-bond donors (Lipinski definition) is 0. The molecule has 2 aromatic carbocycles. The Kier molecular flexibility index (Phi) is 3.89. The van der Waals surface area contributed by atoms with Crippen LogP contribution in [-0.4, -0.2) is 15.5 Å². The molecule has 3 aromatic rings. The summed E-state index contributed by atoms with van der Waals surface area (Å²) in [7, 11) is -2.01. The molecule has 114 valence electrons. The molecule has 0 spiro atoms. The van der Waals surface area contributed by atoms with Crippen LogP contribution in [0.1, 0.15) is 5.56 Å². The van der Waals surface area contributed by atoms with Crippen LogP contribution < -0.4 is 4.31 Å². The highest BCUT2D eigenvalue weighted by atomic mass is 35.5. The predicted octanol–water partition coefficient (Wildman–Crippen LogP) is 4.69. The second-order valence-electron chi connectivity index (χ2n) is 5.02. The first kappa shape index (κ1) is 15.3. The Hall–Kier alpha value is -1.56. The number of thiophene rings is 1. The van der Waals surface area contributed by atoms with Gasteiger partial charge in [-0.1, -0.05) is 35.4 Å². The van der Waals surface area contributed by atoms with E-state index in [9.17, 15) is 8.42 Å². The first-order valence-corrected chi connectivity index (χ1v) is 9.27. The van der Waals surface area contributed by atoms with Crippen LogP contribution in [0.4, 0.5) is 5.00 Å². The first-order chi connectivity index (χ1) is 10.4. The van der Waals surface area contributed by atoms with Gasteiger partial charge in [0.2, 0.25) is 0 Å². The second-order valence-corrected chi connectivity index (χ2v) is 8.46. The molecule has 0 fully saturated rings. The zero-order valence-electron chi connectivity index (χ0n) is 12.1. The van der Waals surface area contributed by atoms with Gasteiger partial charge < -0.3 is 0 Å². The molecular formula is C16H14ClNO2S2. The summed E-state index contributed by atoms with van der Waals surface area (Å²) < 4.78 is 27.7. The molecule has 0 aliphatic heterocycles. The van der Waals surface area contributed by atoms with Gasteiger partial charge in [-0.25, -0.2) is 8.42 Å². The molecule has 0 bridgehead atoms. The Morgan fingerprint density at radius 1 is 1.09 bits per heavy atom. The van der Waals surface area contributed by atoms with Crippen molar-refractivity contribution in [1.29, 1.82) is 0 Å². The van der Waals surface area contributed by atoms with E-state index >= 15 is 0 Å². The quantitative estimate of drug-likeness (QED) is 0.686. The Bertz CT molecular complexity index is 930. The fourth-order valence-electron chi connectivity index (χ4n) is 2.15. The van der Waals surface area contributed by atoms with E-state index in [0.717, 1.165) is 15.6 Å². The minimum atomic E-state index is -3.57. The molecule has 0 saturated carbocycles. The molecule has 0 atom stereocenters. The molecule has 6 heteroatoms. The maximum Gasteiger partial charge on any atom is 0.264 e. The van der Waals surface area contributed by atoms with Gasteiger partial charge in [0.05, 0.1) is 4.90 Å². The summed E-state index contributed by atoms with van der Waals surface area (Å²) in [5.74, 6) is 0. The van der Waals surface area contributed by atoms with E-state index in [2.05, 4.69) is 0 Å². The number of hydrogen-bond acceptors (Lipinski definition) is 3. The van der Waals surface area contributed by atoms with E-state index < -0.39 is 10.0 Å². The van der Waals surface area contributed by atoms with Crippen molar-refractivity contribution in [3.05, 3.63) is 59.1 Å². The molecule has 0 aliphatic rings. The Morgan fingerprint density at radius 2 is 1.77 bits per heavy atom. The summed E-state index contributed by atoms with van der Waals surface area (Å²) in [4.78, 5) is 0.282. The van der Waals surface area contributed by atoms with Crippen LogP contribution in [0.25, 0.3) is 10.1 Å². The molecule has 0 amide bonds. The van der Waals surface area contributed by atoms with E-state index in [0.29, 0.717) is 10.0 Å². The third-order valence-corrected chi connectivity index (χ3v) is 6.89. The lowest BCUT2D eigenvalue weighted by atomic mass is 10.2. The van der Waals surface area contributed by atoms with Gasteiger partial charge in [-0.2, -0.15) is 0 Å². The smallest absolute Gasteiger partial charge is 0.260 e. The van der Waals surface area contributed by atoms with E-state index in [4.69, 9.17) is 11.6 Å². The van der Waals surface area contributed by atoms with Crippen molar-refractivity contribution in [3.8, 4) is 0 Å². The monoisotopic (exact) mass is 351 g/mol. The molecule has 3 rings (SSSR count). The molecule has 3 nitrogen and oxygen atoms in total. The molecule has 1 heterocycles. The van der Waals surface area contributed by atoms with Gasteiger partial charge in [0, 0.05) is 22.2 Å². The van der Waals surface area contributed by atoms with Crippen molar-refractivity contribution >= 4 is 48.0 Å². The number of fused-ring (bicyclic) bond motifs is 1. The molecule has 1 aromatic heterocycles. The predicted molar refractivity (Wildman–Crippen MR) is 93.6 cm³/mol. The summed E-state index contributed by atoms with van der Waals surface area (Å²) in [6, 6.07) is 14.2. The molecule has 0 unspecified atom stereocenters. The molecule has 22 heavy (non-hydrogen) atoms. The lowest BCUT2D eigenvalue weighted by Crippen LogP contribution is -2.25. The normalized spacial score (nSPS) is 11.8. The molecule has 0 N–H and O–H groups in total. The van der Waals surface area contributed by atoms with Crippen molar-refractivity contribution in [3.63, 3.8) is 0 Å². The maximum absolute atomic E-state index is 12.7. The summed E-state index contributed by atoms with van der Waals surface area (Å²) >= 11 is 7.57. The van der Waals surface area contributed by atoms with Crippen LogP contribution in [0.5, 0.6) is 0 Å². The summed E-state index contributed by atoms with van der Waals surface area (Å²) in [6.45, 7) is 1.92. The lowest BCUT2D eigenvalue weighted by Gasteiger charge is -2.17. The van der Waals surface area contributed by atoms with Gasteiger partial charge in [0.1, 0.15) is 5.00 Å². The van der Waals surface area contributed by atoms with E-state index in [1.165, 1.54) is 15.6 Å². The van der Waals surface area contributed by atoms with Crippen molar-refractivity contribution in [1.82, 2.24) is 0 Å². The summed E-state index contributed by atoms with van der Waals surface area (Å²) in [5, 5.41) is 2.14. The van der Waals surface area contributed by atoms with E-state index in [1.54, 1.807) is 37.4 Å². The van der Waals surface area contributed by atoms with Gasteiger partial charge >= 0.3 is 0 Å². The average Bonchev–Trinajstić information content (AvgIpc) is 2.92. The third-order valence-electron chi connectivity index (χ3n) is 3.48. The fourth-order valence-corrected chi connectivity index (χ4v) is 4.89. The minimum absolute atomic E-state index is 0.282. The zero-order chi connectivity index (χ0) is 15.9. The summed E-state index contributed by atoms with van der Waals surface area (Å²) in [5.41, 5.74) is 1.02. The van der Waals surface area contributed by atoms with E-state index in [1.807, 2.05) is 25.1 Å². The van der Waals surface area contributed by atoms with Crippen LogP contribution in [-0.2, 0) is 10.0 Å². The zero-order valence-corrected chi connectivity index (χ0v) is 14.5. The Balaban J connectivity index is 2.06. The van der Waals surface area contributed by atoms with Gasteiger partial charge in [0.25, 0.3) is 10.0 Å². The lowest BCUT2D eigenvalue weighted by molar-refractivity contribution is 0.594. The number of aryl methyl sites for hydroxylation is 1. The number of halogens is 1. The largest absolute Gasteiger partial charge is 0.264 e. The Labute approximate surface area is 138 Å². The van der Waals surface area contributed by atoms with Crippen LogP contribution in [0.15, 0.2) is 53.4 Å². The molecule has 0 aliphatic carbocycles. The highest BCUT2D eigenvalue weighted by molar-refractivity contribution is 7.93. The maximum atomic E-state index is 12.7. The van der Waals surface area contributed by atoms with Crippen LogP contribution in [0, 0.1) is 6.92 Å². The van der Waals surface area contributed by atoms with Crippen LogP contribution >= 0.6 is 22.9 Å². The van der Waals surface area contributed by atoms with Crippen molar-refractivity contribution < 1.29 is 8.42 Å². The minimum Gasteiger partial charge on any atom is -0.260 e. The van der Waals surface area contributed by atoms with Gasteiger partial charge in [0.15, 0.2) is 0 Å². The first-order valence-electron chi connectivity index (χ1n) is 6.63. The molecular weight excluding hydrogens is 338 g/mol. The average molecular weight is 352 g/mol. The Morgan fingerprint density at radius 3 is 2.41 bits per heavy atom. The SMILES string of the molecule is Cc1ccc(S(=O)(=O)N(C)c2cc3c(Cl)cccc3s2)cc1. The van der Waals surface area contributed by atoms with Crippen LogP contribution in [0.3, 0.4) is 0 Å². The number of sulfonamides is 1. The summed E-state index contributed by atoms with van der Waals surface area (Å²) in [6.07, 6.45) is 0. The van der Waals surface area contributed by atoms with Crippen molar-refractivity contribution in [2.24, 2.45) is 0 Å². The fraction of sp³-hybridized carbons (Fsp3) is 0.125. The van der Waals surface area contributed by atoms with Crippen molar-refractivity contribution in [2.75, 3.05) is 11.4 Å². The third kappa shape index (κ3) is 2.60. The number of benzene rings is 2. The number of rotatable bonds is 3. The van der Waals surface area contributed by atoms with Gasteiger partial charge in [-0.15, -0.1) is 11.3 Å². The highest BCUT2D eigenvalue weighted by Gasteiger charge is 2.23. The molecule has 0 radical (unpaired) electrons. The molecule has 0 saturated heterocycles. The van der Waals surface area contributed by atoms with Gasteiger partial charge in [-0.3, -0.25) is 4.31 Å². The highest BCUT2D eigenvalue weighted by Crippen LogP contribution is 2.37. The van der Waals surface area contributed by atoms with Crippen molar-refractivity contribution in [2.45, 2.75) is 11.8 Å². The number of anilines is 1. The van der Waals surface area contributed by atoms with Gasteiger partial charge in [-0.05, 0) is 37.3 Å².